The van der Waals surface area contributed by atoms with Crippen LogP contribution in [0.4, 0.5) is 0 Å². The molecule has 0 radical (unpaired) electrons. The first-order chi connectivity index (χ1) is 8.16. The fourth-order valence-corrected chi connectivity index (χ4v) is 2.60. The maximum atomic E-state index is 11.9. The maximum absolute atomic E-state index is 11.9. The number of hydrogen-bond donors (Lipinski definition) is 2. The Hall–Kier alpha value is -1.10. The highest BCUT2D eigenvalue weighted by Gasteiger charge is 2.32. The molecule has 5 nitrogen and oxygen atoms in total. The number of aliphatic carboxylic acids is 1. The summed E-state index contributed by atoms with van der Waals surface area (Å²) in [5.41, 5.74) is 0. The Balaban J connectivity index is 1.77. The molecule has 96 valence electrons. The highest BCUT2D eigenvalue weighted by Crippen LogP contribution is 2.26. The normalized spacial score (nSPS) is 33.3. The highest BCUT2D eigenvalue weighted by molar-refractivity contribution is 5.79. The van der Waals surface area contributed by atoms with Crippen LogP contribution in [0.3, 0.4) is 0 Å². The molecule has 1 saturated carbocycles. The number of amides is 1. The number of carbonyl (C=O) groups is 2. The predicted octanol–water partition coefficient (Wildman–Crippen LogP) is 0.782. The summed E-state index contributed by atoms with van der Waals surface area (Å²) >= 11 is 0. The number of nitrogens with one attached hydrogen (secondary N) is 1. The van der Waals surface area contributed by atoms with Gasteiger partial charge in [-0.3, -0.25) is 9.59 Å². The molecule has 2 fully saturated rings. The standard InChI is InChI=1S/C12H19NO4/c14-11(9-2-1-5-17-7-9)13-10-4-3-8(6-10)12(15)16/h8-10H,1-7H2,(H,13,14)(H,15,16)/t8-,9?,10+/m0/s1. The number of carbonyl (C=O) groups excluding carboxylic acids is 1. The second-order valence-electron chi connectivity index (χ2n) is 4.97. The van der Waals surface area contributed by atoms with E-state index in [1.165, 1.54) is 0 Å². The van der Waals surface area contributed by atoms with Crippen LogP contribution in [0.15, 0.2) is 0 Å². The smallest absolute Gasteiger partial charge is 0.306 e. The third-order valence-electron chi connectivity index (χ3n) is 3.66. The lowest BCUT2D eigenvalue weighted by Crippen LogP contribution is -2.40. The zero-order valence-electron chi connectivity index (χ0n) is 9.85. The molecule has 17 heavy (non-hydrogen) atoms. The summed E-state index contributed by atoms with van der Waals surface area (Å²) in [5.74, 6) is -1.06. The summed E-state index contributed by atoms with van der Waals surface area (Å²) in [6, 6.07) is 0.0329. The van der Waals surface area contributed by atoms with E-state index in [2.05, 4.69) is 5.32 Å². The van der Waals surface area contributed by atoms with Gasteiger partial charge in [-0.05, 0) is 32.1 Å². The molecule has 1 aliphatic heterocycles. The third-order valence-corrected chi connectivity index (χ3v) is 3.66. The lowest BCUT2D eigenvalue weighted by molar-refractivity contribution is -0.141. The Labute approximate surface area is 101 Å². The molecule has 0 bridgehead atoms. The van der Waals surface area contributed by atoms with Crippen molar-refractivity contribution in [3.63, 3.8) is 0 Å². The zero-order valence-corrected chi connectivity index (χ0v) is 9.85. The number of carboxylic acids is 1. The van der Waals surface area contributed by atoms with E-state index in [0.717, 1.165) is 25.9 Å². The van der Waals surface area contributed by atoms with Gasteiger partial charge in [-0.2, -0.15) is 0 Å². The first-order valence-electron chi connectivity index (χ1n) is 6.27. The Morgan fingerprint density at radius 2 is 2.00 bits per heavy atom. The second-order valence-corrected chi connectivity index (χ2v) is 4.97. The molecule has 0 aromatic carbocycles. The van der Waals surface area contributed by atoms with Crippen LogP contribution in [-0.4, -0.2) is 36.2 Å². The fourth-order valence-electron chi connectivity index (χ4n) is 2.60. The first-order valence-corrected chi connectivity index (χ1v) is 6.27. The van der Waals surface area contributed by atoms with Crippen LogP contribution >= 0.6 is 0 Å². The molecule has 1 saturated heterocycles. The van der Waals surface area contributed by atoms with Crippen molar-refractivity contribution in [1.82, 2.24) is 5.32 Å². The minimum atomic E-state index is -0.747. The van der Waals surface area contributed by atoms with E-state index in [0.29, 0.717) is 19.4 Å². The van der Waals surface area contributed by atoms with Gasteiger partial charge >= 0.3 is 5.97 Å². The van der Waals surface area contributed by atoms with Crippen molar-refractivity contribution in [2.45, 2.75) is 38.1 Å². The van der Waals surface area contributed by atoms with Gasteiger partial charge in [0.05, 0.1) is 18.4 Å². The molecule has 0 aromatic heterocycles. The van der Waals surface area contributed by atoms with E-state index in [9.17, 15) is 9.59 Å². The largest absolute Gasteiger partial charge is 0.481 e. The van der Waals surface area contributed by atoms with E-state index in [4.69, 9.17) is 9.84 Å². The molecule has 2 aliphatic rings. The third kappa shape index (κ3) is 3.19. The quantitative estimate of drug-likeness (QED) is 0.765. The monoisotopic (exact) mass is 241 g/mol. The molecule has 5 heteroatoms. The van der Waals surface area contributed by atoms with Crippen LogP contribution in [0.1, 0.15) is 32.1 Å². The summed E-state index contributed by atoms with van der Waals surface area (Å²) in [6.07, 6.45) is 3.81. The van der Waals surface area contributed by atoms with Gasteiger partial charge in [0.2, 0.25) is 5.91 Å². The Kier molecular flexibility index (Phi) is 3.99. The second kappa shape index (κ2) is 5.49. The predicted molar refractivity (Wildman–Crippen MR) is 60.5 cm³/mol. The van der Waals surface area contributed by atoms with Crippen LogP contribution in [-0.2, 0) is 14.3 Å². The lowest BCUT2D eigenvalue weighted by Gasteiger charge is -2.23. The average molecular weight is 241 g/mol. The SMILES string of the molecule is O=C(N[C@@H]1CC[C@H](C(=O)O)C1)C1CCCOC1. The molecule has 0 aromatic rings. The summed E-state index contributed by atoms with van der Waals surface area (Å²) in [5, 5.41) is 11.8. The van der Waals surface area contributed by atoms with E-state index in [1.807, 2.05) is 0 Å². The number of carboxylic acid groups (broad SMARTS) is 1. The van der Waals surface area contributed by atoms with Crippen LogP contribution in [0, 0.1) is 11.8 Å². The van der Waals surface area contributed by atoms with Gasteiger partial charge < -0.3 is 15.2 Å². The number of ether oxygens (including phenoxy) is 1. The van der Waals surface area contributed by atoms with Crippen LogP contribution in [0.25, 0.3) is 0 Å². The molecule has 3 atom stereocenters. The van der Waals surface area contributed by atoms with Crippen LogP contribution < -0.4 is 5.32 Å². The van der Waals surface area contributed by atoms with Crippen molar-refractivity contribution in [3.8, 4) is 0 Å². The van der Waals surface area contributed by atoms with E-state index in [-0.39, 0.29) is 23.8 Å². The van der Waals surface area contributed by atoms with Crippen molar-refractivity contribution in [1.29, 1.82) is 0 Å². The van der Waals surface area contributed by atoms with E-state index < -0.39 is 5.97 Å². The summed E-state index contributed by atoms with van der Waals surface area (Å²) in [7, 11) is 0. The summed E-state index contributed by atoms with van der Waals surface area (Å²) < 4.78 is 5.27. The van der Waals surface area contributed by atoms with E-state index >= 15 is 0 Å². The molecule has 1 aliphatic carbocycles. The van der Waals surface area contributed by atoms with Gasteiger partial charge in [-0.25, -0.2) is 0 Å². The van der Waals surface area contributed by atoms with Gasteiger partial charge in [0.25, 0.3) is 0 Å². The van der Waals surface area contributed by atoms with Gasteiger partial charge in [-0.15, -0.1) is 0 Å². The molecule has 1 heterocycles. The van der Waals surface area contributed by atoms with Crippen molar-refractivity contribution < 1.29 is 19.4 Å². The summed E-state index contributed by atoms with van der Waals surface area (Å²) in [4.78, 5) is 22.7. The van der Waals surface area contributed by atoms with Gasteiger partial charge in [0, 0.05) is 12.6 Å². The Bertz CT molecular complexity index is 299. The molecule has 2 rings (SSSR count). The van der Waals surface area contributed by atoms with E-state index in [1.54, 1.807) is 0 Å². The van der Waals surface area contributed by atoms with Crippen LogP contribution in [0.5, 0.6) is 0 Å². The van der Waals surface area contributed by atoms with Crippen LogP contribution in [0.2, 0.25) is 0 Å². The highest BCUT2D eigenvalue weighted by atomic mass is 16.5. The zero-order chi connectivity index (χ0) is 12.3. The van der Waals surface area contributed by atoms with Crippen molar-refractivity contribution in [3.05, 3.63) is 0 Å². The molecule has 2 N–H and O–H groups in total. The Morgan fingerprint density at radius 3 is 2.59 bits per heavy atom. The van der Waals surface area contributed by atoms with Gasteiger partial charge in [0.1, 0.15) is 0 Å². The molecule has 1 unspecified atom stereocenters. The average Bonchev–Trinajstić information content (AvgIpc) is 2.79. The van der Waals surface area contributed by atoms with Crippen molar-refractivity contribution in [2.75, 3.05) is 13.2 Å². The number of rotatable bonds is 3. The van der Waals surface area contributed by atoms with Gasteiger partial charge in [0.15, 0.2) is 0 Å². The minimum absolute atomic E-state index is 0.0285. The maximum Gasteiger partial charge on any atom is 0.306 e. The molecule has 0 spiro atoms. The molecular formula is C12H19NO4. The van der Waals surface area contributed by atoms with Crippen molar-refractivity contribution >= 4 is 11.9 Å². The first kappa shape index (κ1) is 12.4. The van der Waals surface area contributed by atoms with Gasteiger partial charge in [-0.1, -0.05) is 0 Å². The minimum Gasteiger partial charge on any atom is -0.481 e. The topological polar surface area (TPSA) is 75.6 Å². The molecular weight excluding hydrogens is 222 g/mol. The van der Waals surface area contributed by atoms with Crippen molar-refractivity contribution in [2.24, 2.45) is 11.8 Å². The summed E-state index contributed by atoms with van der Waals surface area (Å²) in [6.45, 7) is 1.25. The fraction of sp³-hybridized carbons (Fsp3) is 0.833. The number of hydrogen-bond acceptors (Lipinski definition) is 3. The molecule has 1 amide bonds. The Morgan fingerprint density at radius 1 is 1.18 bits per heavy atom. The lowest BCUT2D eigenvalue weighted by atomic mass is 10.0.